The lowest BCUT2D eigenvalue weighted by Crippen LogP contribution is -2.45. The second-order valence-electron chi connectivity index (χ2n) is 11.6. The van der Waals surface area contributed by atoms with Gasteiger partial charge in [-0.2, -0.15) is 5.10 Å². The predicted molar refractivity (Wildman–Crippen MR) is 166 cm³/mol. The molecule has 2 aliphatic heterocycles. The fraction of sp³-hybridized carbons (Fsp3) is 0.364. The van der Waals surface area contributed by atoms with Crippen molar-refractivity contribution in [3.05, 3.63) is 82.9 Å². The normalized spacial score (nSPS) is 16.3. The van der Waals surface area contributed by atoms with E-state index in [0.717, 1.165) is 43.5 Å². The highest BCUT2D eigenvalue weighted by Gasteiger charge is 2.30. The number of aromatic nitrogens is 2. The van der Waals surface area contributed by atoms with E-state index in [2.05, 4.69) is 32.4 Å². The number of amides is 2. The van der Waals surface area contributed by atoms with Gasteiger partial charge in [-0.05, 0) is 79.9 Å². The first kappa shape index (κ1) is 29.7. The molecule has 0 bridgehead atoms. The van der Waals surface area contributed by atoms with Crippen LogP contribution in [0.15, 0.2) is 54.6 Å². The van der Waals surface area contributed by atoms with E-state index in [0.29, 0.717) is 66.0 Å². The lowest BCUT2D eigenvalue weighted by molar-refractivity contribution is -0.117. The maximum atomic E-state index is 13.9. The van der Waals surface area contributed by atoms with Crippen molar-refractivity contribution in [2.75, 3.05) is 61.6 Å². The molecular formula is C33H36F2N6O3. The summed E-state index contributed by atoms with van der Waals surface area (Å²) < 4.78 is 33.1. The molecular weight excluding hydrogens is 566 g/mol. The zero-order valence-corrected chi connectivity index (χ0v) is 24.9. The number of anilines is 3. The minimum atomic E-state index is -0.632. The maximum Gasteiger partial charge on any atom is 0.259 e. The Kier molecular flexibility index (Phi) is 8.58. The summed E-state index contributed by atoms with van der Waals surface area (Å²) in [6, 6.07) is 14.6. The molecule has 0 atom stereocenters. The van der Waals surface area contributed by atoms with Crippen molar-refractivity contribution < 1.29 is 23.1 Å². The molecule has 2 saturated heterocycles. The third-order valence-electron chi connectivity index (χ3n) is 8.44. The predicted octanol–water partition coefficient (Wildman–Crippen LogP) is 4.97. The van der Waals surface area contributed by atoms with Crippen LogP contribution in [0.4, 0.5) is 26.0 Å². The number of hydrogen-bond donors (Lipinski definition) is 2. The Hall–Kier alpha value is -4.35. The van der Waals surface area contributed by atoms with Crippen molar-refractivity contribution in [3.63, 3.8) is 0 Å². The first-order chi connectivity index (χ1) is 21.2. The van der Waals surface area contributed by atoms with Gasteiger partial charge in [0.05, 0.1) is 16.8 Å². The van der Waals surface area contributed by atoms with Gasteiger partial charge < -0.3 is 24.8 Å². The Morgan fingerprint density at radius 1 is 0.977 bits per heavy atom. The van der Waals surface area contributed by atoms with E-state index in [4.69, 9.17) is 4.74 Å². The minimum Gasteiger partial charge on any atom is -0.381 e. The molecule has 4 aromatic rings. The largest absolute Gasteiger partial charge is 0.381 e. The van der Waals surface area contributed by atoms with E-state index in [1.807, 2.05) is 30.3 Å². The third-order valence-corrected chi connectivity index (χ3v) is 8.44. The fourth-order valence-corrected chi connectivity index (χ4v) is 6.13. The highest BCUT2D eigenvalue weighted by atomic mass is 19.1. The molecule has 230 valence electrons. The van der Waals surface area contributed by atoms with E-state index in [9.17, 15) is 18.4 Å². The van der Waals surface area contributed by atoms with Crippen LogP contribution in [0.3, 0.4) is 0 Å². The summed E-state index contributed by atoms with van der Waals surface area (Å²) in [6.45, 7) is 6.20. The number of aromatic amines is 1. The van der Waals surface area contributed by atoms with Crippen LogP contribution in [0.25, 0.3) is 10.9 Å². The summed E-state index contributed by atoms with van der Waals surface area (Å²) in [5.74, 6) is -1.47. The smallest absolute Gasteiger partial charge is 0.259 e. The summed E-state index contributed by atoms with van der Waals surface area (Å²) in [5.41, 5.74) is 3.90. The summed E-state index contributed by atoms with van der Waals surface area (Å²) in [7, 11) is 2.10. The molecule has 2 amide bonds. The number of likely N-dealkylation sites (N-methyl/N-ethyl adjacent to an activating group) is 1. The Labute approximate surface area is 254 Å². The van der Waals surface area contributed by atoms with Gasteiger partial charge in [0, 0.05) is 69.5 Å². The number of piperazine rings is 1. The standard InChI is InChI=1S/C33H36F2N6O3/c1-21(42)41(26-7-13-44-14-8-26)31-20-27(40-11-9-39(2)10-12-40)4-5-28(31)33(43)36-32-29-18-22(3-6-30(29)37-38-32)15-23-16-24(34)19-25(35)17-23/h3-6,16-20,26H,7-15H2,1-2H3,(H2,36,37,38,43). The Bertz CT molecular complexity index is 1660. The Morgan fingerprint density at radius 3 is 2.41 bits per heavy atom. The molecule has 44 heavy (non-hydrogen) atoms. The molecule has 6 rings (SSSR count). The van der Waals surface area contributed by atoms with Gasteiger partial charge in [-0.1, -0.05) is 6.07 Å². The van der Waals surface area contributed by atoms with Crippen LogP contribution in [-0.4, -0.2) is 79.4 Å². The fourth-order valence-electron chi connectivity index (χ4n) is 6.13. The highest BCUT2D eigenvalue weighted by Crippen LogP contribution is 2.33. The van der Waals surface area contributed by atoms with Crippen LogP contribution in [0.5, 0.6) is 0 Å². The quantitative estimate of drug-likeness (QED) is 0.311. The van der Waals surface area contributed by atoms with Crippen LogP contribution in [-0.2, 0) is 16.0 Å². The summed E-state index contributed by atoms with van der Waals surface area (Å²) in [4.78, 5) is 33.4. The zero-order valence-electron chi connectivity index (χ0n) is 24.9. The average molecular weight is 603 g/mol. The molecule has 1 aromatic heterocycles. The van der Waals surface area contributed by atoms with Crippen LogP contribution >= 0.6 is 0 Å². The molecule has 2 aliphatic rings. The first-order valence-electron chi connectivity index (χ1n) is 14.9. The van der Waals surface area contributed by atoms with Gasteiger partial charge in [-0.15, -0.1) is 0 Å². The van der Waals surface area contributed by atoms with Gasteiger partial charge in [0.15, 0.2) is 5.82 Å². The molecule has 0 spiro atoms. The summed E-state index contributed by atoms with van der Waals surface area (Å²) in [6.07, 6.45) is 1.67. The van der Waals surface area contributed by atoms with Gasteiger partial charge in [0.1, 0.15) is 11.6 Å². The second-order valence-corrected chi connectivity index (χ2v) is 11.6. The summed E-state index contributed by atoms with van der Waals surface area (Å²) in [5, 5.41) is 10.9. The van der Waals surface area contributed by atoms with Gasteiger partial charge in [0.25, 0.3) is 5.91 Å². The molecule has 0 unspecified atom stereocenters. The molecule has 2 N–H and O–H groups in total. The van der Waals surface area contributed by atoms with Crippen molar-refractivity contribution in [2.24, 2.45) is 0 Å². The topological polar surface area (TPSA) is 93.8 Å². The highest BCUT2D eigenvalue weighted by molar-refractivity contribution is 6.13. The lowest BCUT2D eigenvalue weighted by Gasteiger charge is -2.37. The SMILES string of the molecule is CC(=O)N(c1cc(N2CCN(C)CC2)ccc1C(=O)Nc1n[nH]c2ccc(Cc3cc(F)cc(F)c3)cc12)C1CCOCC1. The van der Waals surface area contributed by atoms with Crippen molar-refractivity contribution in [1.29, 1.82) is 0 Å². The van der Waals surface area contributed by atoms with Crippen molar-refractivity contribution >= 4 is 39.9 Å². The van der Waals surface area contributed by atoms with E-state index >= 15 is 0 Å². The molecule has 2 fully saturated rings. The van der Waals surface area contributed by atoms with Crippen LogP contribution in [0, 0.1) is 11.6 Å². The molecule has 0 radical (unpaired) electrons. The number of halogens is 2. The van der Waals surface area contributed by atoms with Gasteiger partial charge >= 0.3 is 0 Å². The molecule has 3 aromatic carbocycles. The number of hydrogen-bond acceptors (Lipinski definition) is 6. The number of carbonyl (C=O) groups excluding carboxylic acids is 2. The first-order valence-corrected chi connectivity index (χ1v) is 14.9. The number of carbonyl (C=O) groups is 2. The minimum absolute atomic E-state index is 0.0861. The number of fused-ring (bicyclic) bond motifs is 1. The van der Waals surface area contributed by atoms with Crippen molar-refractivity contribution in [3.8, 4) is 0 Å². The van der Waals surface area contributed by atoms with E-state index < -0.39 is 17.5 Å². The molecule has 3 heterocycles. The average Bonchev–Trinajstić information content (AvgIpc) is 3.39. The van der Waals surface area contributed by atoms with E-state index in [1.165, 1.54) is 19.1 Å². The van der Waals surface area contributed by atoms with Crippen molar-refractivity contribution in [2.45, 2.75) is 32.2 Å². The number of H-pyrrole nitrogens is 1. The van der Waals surface area contributed by atoms with E-state index in [-0.39, 0.29) is 11.9 Å². The molecule has 11 heteroatoms. The lowest BCUT2D eigenvalue weighted by atomic mass is 10.0. The Morgan fingerprint density at radius 2 is 1.70 bits per heavy atom. The zero-order chi connectivity index (χ0) is 30.8. The Balaban J connectivity index is 1.32. The number of ether oxygens (including phenoxy) is 1. The van der Waals surface area contributed by atoms with Crippen LogP contribution in [0.2, 0.25) is 0 Å². The van der Waals surface area contributed by atoms with Crippen molar-refractivity contribution in [1.82, 2.24) is 15.1 Å². The van der Waals surface area contributed by atoms with Crippen LogP contribution in [0.1, 0.15) is 41.3 Å². The summed E-state index contributed by atoms with van der Waals surface area (Å²) >= 11 is 0. The molecule has 0 saturated carbocycles. The van der Waals surface area contributed by atoms with E-state index in [1.54, 1.807) is 11.0 Å². The maximum absolute atomic E-state index is 13.9. The van der Waals surface area contributed by atoms with Gasteiger partial charge in [-0.3, -0.25) is 14.7 Å². The number of benzene rings is 3. The molecule has 9 nitrogen and oxygen atoms in total. The molecule has 0 aliphatic carbocycles. The number of nitrogens with one attached hydrogen (secondary N) is 2. The monoisotopic (exact) mass is 602 g/mol. The third kappa shape index (κ3) is 6.44. The second kappa shape index (κ2) is 12.7. The van der Waals surface area contributed by atoms with Gasteiger partial charge in [0.2, 0.25) is 5.91 Å². The number of nitrogens with zero attached hydrogens (tertiary/aromatic N) is 4. The van der Waals surface area contributed by atoms with Crippen LogP contribution < -0.4 is 15.1 Å². The number of rotatable bonds is 7. The van der Waals surface area contributed by atoms with Gasteiger partial charge in [-0.25, -0.2) is 8.78 Å².